The summed E-state index contributed by atoms with van der Waals surface area (Å²) in [6, 6.07) is 3.83. The minimum Gasteiger partial charge on any atom is -0.370 e. The molecule has 2 heterocycles. The van der Waals surface area contributed by atoms with Gasteiger partial charge in [0.15, 0.2) is 5.82 Å². The van der Waals surface area contributed by atoms with Crippen molar-refractivity contribution < 1.29 is 0 Å². The summed E-state index contributed by atoms with van der Waals surface area (Å²) in [5.41, 5.74) is 1.73. The molecule has 0 aliphatic carbocycles. The summed E-state index contributed by atoms with van der Waals surface area (Å²) in [5, 5.41) is 7.47. The van der Waals surface area contributed by atoms with Gasteiger partial charge in [-0.15, -0.1) is 0 Å². The van der Waals surface area contributed by atoms with Crippen molar-refractivity contribution in [1.29, 1.82) is 0 Å². The van der Waals surface area contributed by atoms with E-state index in [-0.39, 0.29) is 0 Å². The molecule has 2 aromatic rings. The fourth-order valence-electron chi connectivity index (χ4n) is 1.49. The molecule has 0 radical (unpaired) electrons. The van der Waals surface area contributed by atoms with E-state index >= 15 is 0 Å². The van der Waals surface area contributed by atoms with Crippen LogP contribution in [0.2, 0.25) is 0 Å². The molecule has 0 saturated heterocycles. The van der Waals surface area contributed by atoms with Crippen LogP contribution in [0.1, 0.15) is 12.6 Å². The van der Waals surface area contributed by atoms with E-state index in [2.05, 4.69) is 20.4 Å². The molecule has 0 saturated carbocycles. The Hall–Kier alpha value is -1.91. The zero-order valence-corrected chi connectivity index (χ0v) is 9.73. The van der Waals surface area contributed by atoms with Gasteiger partial charge < -0.3 is 5.32 Å². The number of hydrogen-bond donors (Lipinski definition) is 1. The molecular formula is C11H15N5. The second-order valence-electron chi connectivity index (χ2n) is 3.62. The first-order chi connectivity index (χ1) is 7.69. The Bertz CT molecular complexity index is 489. The van der Waals surface area contributed by atoms with Gasteiger partial charge in [0.25, 0.3) is 0 Å². The summed E-state index contributed by atoms with van der Waals surface area (Å²) >= 11 is 0. The fraction of sp³-hybridized carbons (Fsp3) is 0.364. The molecule has 0 spiro atoms. The highest BCUT2D eigenvalue weighted by molar-refractivity contribution is 5.52. The summed E-state index contributed by atoms with van der Waals surface area (Å²) in [6.07, 6.45) is 1.88. The maximum atomic E-state index is 4.41. The molecule has 0 amide bonds. The minimum atomic E-state index is 0.663. The Morgan fingerprint density at radius 3 is 2.81 bits per heavy atom. The van der Waals surface area contributed by atoms with Crippen LogP contribution in [0.15, 0.2) is 18.3 Å². The van der Waals surface area contributed by atoms with Crippen LogP contribution in [0.3, 0.4) is 0 Å². The smallest absolute Gasteiger partial charge is 0.182 e. The molecule has 0 aliphatic rings. The van der Waals surface area contributed by atoms with E-state index in [1.54, 1.807) is 4.68 Å². The first kappa shape index (κ1) is 10.6. The van der Waals surface area contributed by atoms with E-state index in [0.29, 0.717) is 5.82 Å². The van der Waals surface area contributed by atoms with Gasteiger partial charge in [-0.05, 0) is 19.9 Å². The van der Waals surface area contributed by atoms with E-state index < -0.39 is 0 Å². The van der Waals surface area contributed by atoms with Gasteiger partial charge in [0, 0.05) is 31.5 Å². The summed E-state index contributed by atoms with van der Waals surface area (Å²) in [5.74, 6) is 1.51. The predicted molar refractivity (Wildman–Crippen MR) is 63.1 cm³/mol. The highest BCUT2D eigenvalue weighted by Gasteiger charge is 2.06. The monoisotopic (exact) mass is 217 g/mol. The van der Waals surface area contributed by atoms with E-state index in [0.717, 1.165) is 23.8 Å². The summed E-state index contributed by atoms with van der Waals surface area (Å²) in [7, 11) is 1.88. The summed E-state index contributed by atoms with van der Waals surface area (Å²) in [4.78, 5) is 8.78. The van der Waals surface area contributed by atoms with Crippen molar-refractivity contribution in [3.8, 4) is 11.5 Å². The molecule has 5 nitrogen and oxygen atoms in total. The molecule has 0 aromatic carbocycles. The average Bonchev–Trinajstić information content (AvgIpc) is 2.64. The molecule has 1 N–H and O–H groups in total. The lowest BCUT2D eigenvalue weighted by Crippen LogP contribution is -2.03. The van der Waals surface area contributed by atoms with Gasteiger partial charge in [0.05, 0.1) is 0 Å². The number of aryl methyl sites for hydroxylation is 2. The van der Waals surface area contributed by atoms with Crippen LogP contribution < -0.4 is 5.32 Å². The number of aromatic nitrogens is 4. The van der Waals surface area contributed by atoms with Crippen molar-refractivity contribution in [3.63, 3.8) is 0 Å². The topological polar surface area (TPSA) is 55.6 Å². The van der Waals surface area contributed by atoms with Gasteiger partial charge in [-0.3, -0.25) is 4.68 Å². The highest BCUT2D eigenvalue weighted by Crippen LogP contribution is 2.15. The predicted octanol–water partition coefficient (Wildman–Crippen LogP) is 1.62. The van der Waals surface area contributed by atoms with Crippen LogP contribution in [0.25, 0.3) is 11.5 Å². The lowest BCUT2D eigenvalue weighted by molar-refractivity contribution is 0.768. The maximum Gasteiger partial charge on any atom is 0.182 e. The number of nitrogens with zero attached hydrogens (tertiary/aromatic N) is 4. The zero-order valence-electron chi connectivity index (χ0n) is 9.73. The lowest BCUT2D eigenvalue weighted by atomic mass is 10.3. The van der Waals surface area contributed by atoms with Gasteiger partial charge >= 0.3 is 0 Å². The van der Waals surface area contributed by atoms with E-state index in [1.807, 2.05) is 39.2 Å². The van der Waals surface area contributed by atoms with Crippen molar-refractivity contribution in [1.82, 2.24) is 19.7 Å². The maximum absolute atomic E-state index is 4.41. The van der Waals surface area contributed by atoms with Crippen LogP contribution in [-0.2, 0) is 7.05 Å². The van der Waals surface area contributed by atoms with Crippen molar-refractivity contribution in [2.24, 2.45) is 7.05 Å². The minimum absolute atomic E-state index is 0.663. The van der Waals surface area contributed by atoms with E-state index in [9.17, 15) is 0 Å². The van der Waals surface area contributed by atoms with Crippen LogP contribution in [0.4, 0.5) is 5.82 Å². The standard InChI is InChI=1S/C11H15N5/c1-4-12-10-7-8(2)13-11(14-10)9-5-6-16(3)15-9/h5-7H,4H2,1-3H3,(H,12,13,14). The van der Waals surface area contributed by atoms with Crippen LogP contribution >= 0.6 is 0 Å². The molecule has 5 heteroatoms. The molecule has 0 aliphatic heterocycles. The second-order valence-corrected chi connectivity index (χ2v) is 3.62. The van der Waals surface area contributed by atoms with Crippen LogP contribution in [0, 0.1) is 6.92 Å². The molecule has 2 rings (SSSR count). The molecule has 0 unspecified atom stereocenters. The molecule has 0 fully saturated rings. The van der Waals surface area contributed by atoms with E-state index in [1.165, 1.54) is 0 Å². The van der Waals surface area contributed by atoms with Crippen molar-refractivity contribution in [2.75, 3.05) is 11.9 Å². The van der Waals surface area contributed by atoms with E-state index in [4.69, 9.17) is 0 Å². The third kappa shape index (κ3) is 2.18. The molecule has 0 atom stereocenters. The average molecular weight is 217 g/mol. The third-order valence-electron chi connectivity index (χ3n) is 2.15. The normalized spacial score (nSPS) is 10.4. The van der Waals surface area contributed by atoms with Crippen molar-refractivity contribution >= 4 is 5.82 Å². The largest absolute Gasteiger partial charge is 0.370 e. The second kappa shape index (κ2) is 4.30. The fourth-order valence-corrected chi connectivity index (χ4v) is 1.49. The highest BCUT2D eigenvalue weighted by atomic mass is 15.3. The van der Waals surface area contributed by atoms with Crippen molar-refractivity contribution in [3.05, 3.63) is 24.0 Å². The molecule has 84 valence electrons. The molecular weight excluding hydrogens is 202 g/mol. The molecule has 0 bridgehead atoms. The summed E-state index contributed by atoms with van der Waals surface area (Å²) in [6.45, 7) is 4.84. The van der Waals surface area contributed by atoms with Crippen LogP contribution in [-0.4, -0.2) is 26.3 Å². The van der Waals surface area contributed by atoms with Gasteiger partial charge in [-0.2, -0.15) is 5.10 Å². The third-order valence-corrected chi connectivity index (χ3v) is 2.15. The Morgan fingerprint density at radius 1 is 1.38 bits per heavy atom. The van der Waals surface area contributed by atoms with Gasteiger partial charge in [-0.25, -0.2) is 9.97 Å². The van der Waals surface area contributed by atoms with Gasteiger partial charge in [0.1, 0.15) is 11.5 Å². The lowest BCUT2D eigenvalue weighted by Gasteiger charge is -2.04. The molecule has 16 heavy (non-hydrogen) atoms. The first-order valence-electron chi connectivity index (χ1n) is 5.28. The quantitative estimate of drug-likeness (QED) is 0.848. The molecule has 2 aromatic heterocycles. The number of anilines is 1. The van der Waals surface area contributed by atoms with Crippen LogP contribution in [0.5, 0.6) is 0 Å². The Morgan fingerprint density at radius 2 is 2.19 bits per heavy atom. The van der Waals surface area contributed by atoms with Gasteiger partial charge in [-0.1, -0.05) is 0 Å². The number of hydrogen-bond acceptors (Lipinski definition) is 4. The zero-order chi connectivity index (χ0) is 11.5. The Kier molecular flexibility index (Phi) is 2.85. The number of nitrogens with one attached hydrogen (secondary N) is 1. The number of rotatable bonds is 3. The Labute approximate surface area is 94.5 Å². The SMILES string of the molecule is CCNc1cc(C)nc(-c2ccn(C)n2)n1. The Balaban J connectivity index is 2.40. The summed E-state index contributed by atoms with van der Waals surface area (Å²) < 4.78 is 1.74. The van der Waals surface area contributed by atoms with Gasteiger partial charge in [0.2, 0.25) is 0 Å². The first-order valence-corrected chi connectivity index (χ1v) is 5.28. The van der Waals surface area contributed by atoms with Crippen molar-refractivity contribution in [2.45, 2.75) is 13.8 Å².